The van der Waals surface area contributed by atoms with Crippen LogP contribution in [0.1, 0.15) is 0 Å². The van der Waals surface area contributed by atoms with E-state index in [9.17, 15) is 0 Å². The normalized spacial score (nSPS) is 9.36. The van der Waals surface area contributed by atoms with Gasteiger partial charge in [0, 0.05) is 0 Å². The van der Waals surface area contributed by atoms with Crippen molar-refractivity contribution in [1.29, 1.82) is 0 Å². The third-order valence-electron chi connectivity index (χ3n) is 0.667. The summed E-state index contributed by atoms with van der Waals surface area (Å²) in [7, 11) is -4.64. The molecule has 1 rings (SSSR count). The Kier molecular flexibility index (Phi) is 4.99. The number of phosphoric acid groups is 1. The van der Waals surface area contributed by atoms with E-state index in [1.807, 2.05) is 37.0 Å². The molecule has 0 saturated carbocycles. The average Bonchev–Trinajstić information content (AvgIpc) is 1.88. The topological polar surface area (TPSA) is 77.8 Å². The molecule has 0 spiro atoms. The fourth-order valence-electron chi connectivity index (χ4n) is 0.385. The van der Waals surface area contributed by atoms with Crippen molar-refractivity contribution in [2.24, 2.45) is 0 Å². The first-order valence-electron chi connectivity index (χ1n) is 2.78. The van der Waals surface area contributed by atoms with E-state index in [4.69, 9.17) is 19.2 Å². The molecule has 0 amide bonds. The van der Waals surface area contributed by atoms with Gasteiger partial charge in [-0.3, -0.25) is 0 Å². The third-order valence-corrected chi connectivity index (χ3v) is 0.667. The van der Waals surface area contributed by atoms with Crippen LogP contribution in [0, 0.1) is 0 Å². The van der Waals surface area contributed by atoms with Crippen molar-refractivity contribution in [2.45, 2.75) is 0 Å². The summed E-state index contributed by atoms with van der Waals surface area (Å²) in [4.78, 5) is 21.6. The second-order valence-corrected chi connectivity index (χ2v) is 2.69. The van der Waals surface area contributed by atoms with E-state index in [0.29, 0.717) is 0 Å². The van der Waals surface area contributed by atoms with Gasteiger partial charge in [0.25, 0.3) is 0 Å². The van der Waals surface area contributed by atoms with Crippen LogP contribution in [0.5, 0.6) is 0 Å². The van der Waals surface area contributed by atoms with Gasteiger partial charge in [-0.15, -0.1) is 0 Å². The first-order chi connectivity index (χ1) is 5.00. The minimum absolute atomic E-state index is 2.00. The van der Waals surface area contributed by atoms with Crippen LogP contribution in [-0.2, 0) is 4.57 Å². The Balaban J connectivity index is 0.000000187. The molecule has 0 aliphatic carbocycles. The Labute approximate surface area is 65.0 Å². The van der Waals surface area contributed by atoms with Crippen molar-refractivity contribution in [1.82, 2.24) is 0 Å². The molecule has 0 atom stereocenters. The Hall–Kier alpha value is -0.475. The Morgan fingerprint density at radius 2 is 1.36 bits per heavy atom. The van der Waals surface area contributed by atoms with E-state index in [-0.39, 0.29) is 0 Å². The second kappa shape index (κ2) is 5.21. The summed E-state index contributed by atoms with van der Waals surface area (Å²) in [6.45, 7) is 2.00. The van der Waals surface area contributed by atoms with Gasteiger partial charge in [-0.2, -0.15) is 0 Å². The van der Waals surface area contributed by atoms with Crippen molar-refractivity contribution >= 4 is 14.7 Å². The first-order valence-corrected chi connectivity index (χ1v) is 4.35. The van der Waals surface area contributed by atoms with Gasteiger partial charge in [0.2, 0.25) is 0 Å². The summed E-state index contributed by atoms with van der Waals surface area (Å²) in [6, 6.07) is 6.00. The molecule has 3 N–H and O–H groups in total. The van der Waals surface area contributed by atoms with Crippen LogP contribution in [0.2, 0.25) is 0 Å². The molecule has 60 valence electrons. The van der Waals surface area contributed by atoms with Gasteiger partial charge < -0.3 is 14.7 Å². The van der Waals surface area contributed by atoms with E-state index in [0.717, 1.165) is 0 Å². The fraction of sp³-hybridized carbons (Fsp3) is 0. The van der Waals surface area contributed by atoms with Crippen LogP contribution in [0.3, 0.4) is 0 Å². The summed E-state index contributed by atoms with van der Waals surface area (Å²) < 4.78 is 8.88. The molecule has 4 nitrogen and oxygen atoms in total. The van der Waals surface area contributed by atoms with Gasteiger partial charge in [0.1, 0.15) is 0 Å². The standard InChI is InChI=1S/C5H5B.H3O4P/c1-2-4-6-5-3-1;1-5(2,3)4/h1-5H;(H3,1,2,3,4). The predicted octanol–water partition coefficient (Wildman–Crippen LogP) is 0.0961. The van der Waals surface area contributed by atoms with Crippen molar-refractivity contribution in [2.75, 3.05) is 0 Å². The molecular weight excluding hydrogens is 166 g/mol. The number of hydrogen-bond donors (Lipinski definition) is 3. The molecule has 0 bridgehead atoms. The Morgan fingerprint density at radius 1 is 1.00 bits per heavy atom. The molecule has 0 saturated heterocycles. The van der Waals surface area contributed by atoms with Crippen molar-refractivity contribution in [3.8, 4) is 0 Å². The molecule has 1 aromatic rings. The zero-order valence-electron chi connectivity index (χ0n) is 5.66. The quantitative estimate of drug-likeness (QED) is 0.487. The third kappa shape index (κ3) is 17.7. The molecule has 0 fully saturated rings. The minimum atomic E-state index is -4.64. The molecule has 0 aliphatic rings. The molecule has 0 aromatic carbocycles. The second-order valence-electron chi connectivity index (χ2n) is 1.67. The Bertz CT molecular complexity index is 186. The molecule has 1 aromatic heterocycles. The Morgan fingerprint density at radius 3 is 1.45 bits per heavy atom. The van der Waals surface area contributed by atoms with Crippen LogP contribution in [0.15, 0.2) is 30.1 Å². The van der Waals surface area contributed by atoms with Crippen LogP contribution in [0.4, 0.5) is 0 Å². The molecule has 6 heteroatoms. The average molecular weight is 174 g/mol. The van der Waals surface area contributed by atoms with Crippen molar-refractivity contribution in [3.05, 3.63) is 30.1 Å². The van der Waals surface area contributed by atoms with E-state index in [1.54, 1.807) is 0 Å². The first kappa shape index (κ1) is 10.5. The van der Waals surface area contributed by atoms with Gasteiger partial charge in [-0.05, 0) is 0 Å². The van der Waals surface area contributed by atoms with Crippen LogP contribution in [-0.4, -0.2) is 21.6 Å². The summed E-state index contributed by atoms with van der Waals surface area (Å²) >= 11 is 0. The van der Waals surface area contributed by atoms with Gasteiger partial charge in [-0.25, -0.2) is 4.57 Å². The molecule has 0 radical (unpaired) electrons. The molecule has 11 heavy (non-hydrogen) atoms. The molecular formula is C5H8BO4P. The van der Waals surface area contributed by atoms with Crippen LogP contribution < -0.4 is 0 Å². The van der Waals surface area contributed by atoms with E-state index < -0.39 is 7.82 Å². The summed E-state index contributed by atoms with van der Waals surface area (Å²) in [5.41, 5.74) is 0. The fourth-order valence-corrected chi connectivity index (χ4v) is 0.385. The zero-order valence-corrected chi connectivity index (χ0v) is 6.56. The van der Waals surface area contributed by atoms with Crippen molar-refractivity contribution < 1.29 is 19.2 Å². The number of hydrogen-bond acceptors (Lipinski definition) is 1. The molecule has 1 heterocycles. The van der Waals surface area contributed by atoms with E-state index in [2.05, 4.69) is 0 Å². The monoisotopic (exact) mass is 174 g/mol. The van der Waals surface area contributed by atoms with Gasteiger partial charge in [0.15, 0.2) is 0 Å². The predicted molar refractivity (Wildman–Crippen MR) is 42.1 cm³/mol. The summed E-state index contributed by atoms with van der Waals surface area (Å²) in [5, 5.41) is 0. The van der Waals surface area contributed by atoms with Crippen molar-refractivity contribution in [3.63, 3.8) is 0 Å². The zero-order chi connectivity index (χ0) is 8.74. The maximum atomic E-state index is 8.88. The molecule has 0 unspecified atom stereocenters. The number of rotatable bonds is 0. The maximum absolute atomic E-state index is 8.88. The SMILES string of the molecule is O=P(O)(O)O.b1ccccc1. The van der Waals surface area contributed by atoms with E-state index in [1.165, 1.54) is 0 Å². The van der Waals surface area contributed by atoms with Gasteiger partial charge >= 0.3 is 44.9 Å². The van der Waals surface area contributed by atoms with Gasteiger partial charge in [-0.1, -0.05) is 0 Å². The van der Waals surface area contributed by atoms with Crippen LogP contribution in [0.25, 0.3) is 0 Å². The van der Waals surface area contributed by atoms with E-state index >= 15 is 0 Å². The van der Waals surface area contributed by atoms with Crippen LogP contribution >= 0.6 is 7.82 Å². The molecule has 0 aliphatic heterocycles. The van der Waals surface area contributed by atoms with Gasteiger partial charge in [0.05, 0.1) is 0 Å². The summed E-state index contributed by atoms with van der Waals surface area (Å²) in [6.07, 6.45) is 0. The summed E-state index contributed by atoms with van der Waals surface area (Å²) in [5.74, 6) is 4.00.